The molecule has 4 rings (SSSR count). The summed E-state index contributed by atoms with van der Waals surface area (Å²) < 4.78 is 11.2. The Morgan fingerprint density at radius 2 is 2.19 bits per heavy atom. The van der Waals surface area contributed by atoms with E-state index in [2.05, 4.69) is 20.4 Å². The lowest BCUT2D eigenvalue weighted by Crippen LogP contribution is -2.10. The number of pyridine rings is 1. The number of ether oxygens (including phenoxy) is 1. The Labute approximate surface area is 158 Å². The lowest BCUT2D eigenvalue weighted by atomic mass is 10.1. The molecule has 0 spiro atoms. The molecule has 2 aromatic heterocycles. The second-order valence-electron chi connectivity index (χ2n) is 6.25. The molecule has 6 nitrogen and oxygen atoms in total. The third kappa shape index (κ3) is 4.59. The standard InChI is InChI=1S/C19H20N4O2.ClH/c1-4-16(10-17(5-1)24-13-15-3-2-7-20-12-15)19-22-18(25-23-19)9-14-6-8-21-11-14;/h1-5,7,10,12,14,21H,6,8-9,11,13H2;1H. The van der Waals surface area contributed by atoms with E-state index in [-0.39, 0.29) is 12.4 Å². The summed E-state index contributed by atoms with van der Waals surface area (Å²) in [7, 11) is 0. The van der Waals surface area contributed by atoms with Gasteiger partial charge in [0.25, 0.3) is 0 Å². The van der Waals surface area contributed by atoms with Crippen molar-refractivity contribution in [3.63, 3.8) is 0 Å². The Balaban J connectivity index is 0.00000196. The van der Waals surface area contributed by atoms with E-state index < -0.39 is 0 Å². The number of benzene rings is 1. The maximum atomic E-state index is 5.83. The van der Waals surface area contributed by atoms with Gasteiger partial charge < -0.3 is 14.6 Å². The van der Waals surface area contributed by atoms with Crippen LogP contribution in [0.3, 0.4) is 0 Å². The third-order valence-corrected chi connectivity index (χ3v) is 4.31. The van der Waals surface area contributed by atoms with Crippen molar-refractivity contribution in [1.29, 1.82) is 0 Å². The van der Waals surface area contributed by atoms with Gasteiger partial charge in [0, 0.05) is 29.9 Å². The monoisotopic (exact) mass is 372 g/mol. The number of hydrogen-bond donors (Lipinski definition) is 1. The Bertz CT molecular complexity index is 819. The van der Waals surface area contributed by atoms with Crippen molar-refractivity contribution in [2.24, 2.45) is 5.92 Å². The van der Waals surface area contributed by atoms with Crippen LogP contribution >= 0.6 is 12.4 Å². The van der Waals surface area contributed by atoms with Gasteiger partial charge in [-0.25, -0.2) is 0 Å². The van der Waals surface area contributed by atoms with Crippen molar-refractivity contribution in [1.82, 2.24) is 20.4 Å². The first-order valence-electron chi connectivity index (χ1n) is 8.52. The molecule has 3 heterocycles. The van der Waals surface area contributed by atoms with Crippen LogP contribution in [0.2, 0.25) is 0 Å². The third-order valence-electron chi connectivity index (χ3n) is 4.31. The molecule has 0 bridgehead atoms. The van der Waals surface area contributed by atoms with Crippen molar-refractivity contribution in [2.45, 2.75) is 19.4 Å². The summed E-state index contributed by atoms with van der Waals surface area (Å²) in [5.41, 5.74) is 1.92. The van der Waals surface area contributed by atoms with Gasteiger partial charge >= 0.3 is 0 Å². The summed E-state index contributed by atoms with van der Waals surface area (Å²) in [6.07, 6.45) is 5.54. The number of nitrogens with one attached hydrogen (secondary N) is 1. The molecule has 1 fully saturated rings. The molecule has 7 heteroatoms. The summed E-state index contributed by atoms with van der Waals surface area (Å²) in [4.78, 5) is 8.62. The average Bonchev–Trinajstić information content (AvgIpc) is 3.34. The van der Waals surface area contributed by atoms with Gasteiger partial charge in [0.2, 0.25) is 11.7 Å². The molecular formula is C19H21ClN4O2. The topological polar surface area (TPSA) is 73.1 Å². The minimum absolute atomic E-state index is 0. The van der Waals surface area contributed by atoms with Crippen LogP contribution in [-0.2, 0) is 13.0 Å². The van der Waals surface area contributed by atoms with E-state index in [0.717, 1.165) is 42.8 Å². The van der Waals surface area contributed by atoms with Crippen molar-refractivity contribution < 1.29 is 9.26 Å². The number of halogens is 1. The zero-order valence-corrected chi connectivity index (χ0v) is 15.1. The quantitative estimate of drug-likeness (QED) is 0.715. The average molecular weight is 373 g/mol. The normalized spacial score (nSPS) is 16.2. The van der Waals surface area contributed by atoms with Gasteiger partial charge in [0.05, 0.1) is 0 Å². The molecule has 1 aromatic carbocycles. The maximum Gasteiger partial charge on any atom is 0.227 e. The fraction of sp³-hybridized carbons (Fsp3) is 0.316. The van der Waals surface area contributed by atoms with E-state index in [4.69, 9.17) is 9.26 Å². The van der Waals surface area contributed by atoms with Gasteiger partial charge in [-0.15, -0.1) is 12.4 Å². The summed E-state index contributed by atoms with van der Waals surface area (Å²) in [5.74, 6) is 2.66. The maximum absolute atomic E-state index is 5.83. The van der Waals surface area contributed by atoms with Crippen LogP contribution in [-0.4, -0.2) is 28.2 Å². The van der Waals surface area contributed by atoms with Crippen molar-refractivity contribution in [2.75, 3.05) is 13.1 Å². The molecule has 1 N–H and O–H groups in total. The van der Waals surface area contributed by atoms with Gasteiger partial charge in [-0.2, -0.15) is 4.98 Å². The van der Waals surface area contributed by atoms with Crippen LogP contribution < -0.4 is 10.1 Å². The van der Waals surface area contributed by atoms with Crippen molar-refractivity contribution >= 4 is 12.4 Å². The molecule has 1 atom stereocenters. The molecule has 1 aliphatic heterocycles. The molecule has 0 amide bonds. The van der Waals surface area contributed by atoms with Crippen LogP contribution in [0, 0.1) is 5.92 Å². The highest BCUT2D eigenvalue weighted by atomic mass is 35.5. The first-order chi connectivity index (χ1) is 12.4. The van der Waals surface area contributed by atoms with Crippen LogP contribution in [0.5, 0.6) is 5.75 Å². The predicted octanol–water partition coefficient (Wildman–Crippen LogP) is 3.28. The number of aromatic nitrogens is 3. The second kappa shape index (κ2) is 8.78. The highest BCUT2D eigenvalue weighted by Crippen LogP contribution is 2.23. The first kappa shape index (κ1) is 18.4. The van der Waals surface area contributed by atoms with Gasteiger partial charge in [0.15, 0.2) is 0 Å². The van der Waals surface area contributed by atoms with E-state index in [1.807, 2.05) is 36.4 Å². The molecule has 1 unspecified atom stereocenters. The van der Waals surface area contributed by atoms with Crippen LogP contribution in [0.15, 0.2) is 53.3 Å². The SMILES string of the molecule is Cl.c1cncc(COc2cccc(-c3noc(CC4CCNC4)n3)c2)c1. The van der Waals surface area contributed by atoms with Crippen molar-refractivity contribution in [3.05, 3.63) is 60.2 Å². The van der Waals surface area contributed by atoms with Crippen LogP contribution in [0.1, 0.15) is 17.9 Å². The lowest BCUT2D eigenvalue weighted by Gasteiger charge is -2.06. The number of rotatable bonds is 6. The summed E-state index contributed by atoms with van der Waals surface area (Å²) in [6.45, 7) is 2.57. The molecule has 1 saturated heterocycles. The Hall–Kier alpha value is -2.44. The zero-order valence-electron chi connectivity index (χ0n) is 14.3. The highest BCUT2D eigenvalue weighted by Gasteiger charge is 2.19. The second-order valence-corrected chi connectivity index (χ2v) is 6.25. The summed E-state index contributed by atoms with van der Waals surface area (Å²) in [5, 5.41) is 7.47. The number of nitrogens with zero attached hydrogens (tertiary/aromatic N) is 3. The molecule has 0 radical (unpaired) electrons. The van der Waals surface area contributed by atoms with Gasteiger partial charge in [-0.05, 0) is 43.6 Å². The fourth-order valence-corrected chi connectivity index (χ4v) is 2.97. The zero-order chi connectivity index (χ0) is 16.9. The Morgan fingerprint density at radius 3 is 3.00 bits per heavy atom. The largest absolute Gasteiger partial charge is 0.489 e. The van der Waals surface area contributed by atoms with Gasteiger partial charge in [-0.3, -0.25) is 4.98 Å². The number of hydrogen-bond acceptors (Lipinski definition) is 6. The smallest absolute Gasteiger partial charge is 0.227 e. The fourth-order valence-electron chi connectivity index (χ4n) is 2.97. The summed E-state index contributed by atoms with van der Waals surface area (Å²) >= 11 is 0. The minimum Gasteiger partial charge on any atom is -0.489 e. The summed E-state index contributed by atoms with van der Waals surface area (Å²) in [6, 6.07) is 11.6. The van der Waals surface area contributed by atoms with Crippen molar-refractivity contribution in [3.8, 4) is 17.1 Å². The van der Waals surface area contributed by atoms with Gasteiger partial charge in [-0.1, -0.05) is 23.4 Å². The molecule has 0 saturated carbocycles. The molecule has 26 heavy (non-hydrogen) atoms. The van der Waals surface area contributed by atoms with Crippen LogP contribution in [0.4, 0.5) is 0 Å². The predicted molar refractivity (Wildman–Crippen MR) is 100 cm³/mol. The molecule has 1 aliphatic rings. The van der Waals surface area contributed by atoms with E-state index in [1.165, 1.54) is 0 Å². The molecule has 3 aromatic rings. The van der Waals surface area contributed by atoms with E-state index in [0.29, 0.717) is 24.2 Å². The van der Waals surface area contributed by atoms with E-state index in [9.17, 15) is 0 Å². The van der Waals surface area contributed by atoms with E-state index in [1.54, 1.807) is 12.4 Å². The molecular weight excluding hydrogens is 352 g/mol. The van der Waals surface area contributed by atoms with Crippen LogP contribution in [0.25, 0.3) is 11.4 Å². The lowest BCUT2D eigenvalue weighted by molar-refractivity contribution is 0.306. The Kier molecular flexibility index (Phi) is 6.20. The molecule has 136 valence electrons. The Morgan fingerprint density at radius 1 is 1.23 bits per heavy atom. The minimum atomic E-state index is 0. The highest BCUT2D eigenvalue weighted by molar-refractivity contribution is 5.85. The van der Waals surface area contributed by atoms with Gasteiger partial charge in [0.1, 0.15) is 12.4 Å². The molecule has 0 aliphatic carbocycles. The van der Waals surface area contributed by atoms with E-state index >= 15 is 0 Å². The first-order valence-corrected chi connectivity index (χ1v) is 8.52.